The van der Waals surface area contributed by atoms with E-state index in [1.807, 2.05) is 0 Å². The van der Waals surface area contributed by atoms with Gasteiger partial charge < -0.3 is 10.5 Å². The topological polar surface area (TPSA) is 35.2 Å². The van der Waals surface area contributed by atoms with Gasteiger partial charge in [0.15, 0.2) is 0 Å². The van der Waals surface area contributed by atoms with Crippen molar-refractivity contribution in [1.29, 1.82) is 0 Å². The van der Waals surface area contributed by atoms with Gasteiger partial charge in [0.25, 0.3) is 0 Å². The Hall–Kier alpha value is -1.09. The summed E-state index contributed by atoms with van der Waals surface area (Å²) in [4.78, 5) is 0. The fraction of sp³-hybridized carbons (Fsp3) is 0.500. The number of ether oxygens (including phenoxy) is 1. The van der Waals surface area contributed by atoms with Crippen LogP contribution in [0.2, 0.25) is 0 Å². The predicted octanol–water partition coefficient (Wildman–Crippen LogP) is 2.63. The molecule has 82 valence electrons. The second-order valence-electron chi connectivity index (χ2n) is 4.17. The third-order valence-corrected chi connectivity index (χ3v) is 2.89. The van der Waals surface area contributed by atoms with Crippen molar-refractivity contribution in [3.63, 3.8) is 0 Å². The Morgan fingerprint density at radius 3 is 2.80 bits per heavy atom. The first-order valence-corrected chi connectivity index (χ1v) is 5.29. The standard InChI is InChI=1S/C12H16FNO/c1-15-9-4-5-10(11(13)7-9)12(14)6-8-2-3-8/h4-5,7-8,12H,2-3,6,14H2,1H3/t12-/m0/s1. The molecule has 0 unspecified atom stereocenters. The van der Waals surface area contributed by atoms with Gasteiger partial charge in [0.05, 0.1) is 7.11 Å². The average Bonchev–Trinajstić information content (AvgIpc) is 3.01. The lowest BCUT2D eigenvalue weighted by Crippen LogP contribution is -2.12. The van der Waals surface area contributed by atoms with Gasteiger partial charge in [0.2, 0.25) is 0 Å². The molecule has 2 rings (SSSR count). The maximum atomic E-state index is 13.6. The molecule has 0 aliphatic heterocycles. The normalized spacial score (nSPS) is 17.5. The highest BCUT2D eigenvalue weighted by Crippen LogP contribution is 2.37. The van der Waals surface area contributed by atoms with Crippen molar-refractivity contribution < 1.29 is 9.13 Å². The number of hydrogen-bond acceptors (Lipinski definition) is 2. The van der Waals surface area contributed by atoms with Gasteiger partial charge in [-0.1, -0.05) is 18.9 Å². The summed E-state index contributed by atoms with van der Waals surface area (Å²) >= 11 is 0. The minimum Gasteiger partial charge on any atom is -0.497 e. The van der Waals surface area contributed by atoms with Crippen molar-refractivity contribution in [2.45, 2.75) is 25.3 Å². The lowest BCUT2D eigenvalue weighted by molar-refractivity contribution is 0.409. The fourth-order valence-corrected chi connectivity index (χ4v) is 1.78. The number of hydrogen-bond donors (Lipinski definition) is 1. The Bertz CT molecular complexity index is 349. The monoisotopic (exact) mass is 209 g/mol. The first-order chi connectivity index (χ1) is 7.20. The minimum absolute atomic E-state index is 0.177. The molecule has 0 bridgehead atoms. The molecule has 1 aromatic rings. The lowest BCUT2D eigenvalue weighted by Gasteiger charge is -2.13. The molecule has 0 saturated heterocycles. The van der Waals surface area contributed by atoms with Gasteiger partial charge in [-0.05, 0) is 18.4 Å². The summed E-state index contributed by atoms with van der Waals surface area (Å²) in [6, 6.07) is 4.69. The molecule has 0 radical (unpaired) electrons. The highest BCUT2D eigenvalue weighted by molar-refractivity contribution is 5.30. The van der Waals surface area contributed by atoms with Crippen molar-refractivity contribution >= 4 is 0 Å². The van der Waals surface area contributed by atoms with Crippen molar-refractivity contribution in [3.8, 4) is 5.75 Å². The molecule has 1 aromatic carbocycles. The van der Waals surface area contributed by atoms with E-state index in [0.717, 1.165) is 6.42 Å². The lowest BCUT2D eigenvalue weighted by atomic mass is 10.0. The average molecular weight is 209 g/mol. The van der Waals surface area contributed by atoms with Crippen molar-refractivity contribution in [2.75, 3.05) is 7.11 Å². The summed E-state index contributed by atoms with van der Waals surface area (Å²) < 4.78 is 18.5. The molecule has 0 spiro atoms. The Kier molecular flexibility index (Phi) is 2.91. The van der Waals surface area contributed by atoms with E-state index in [4.69, 9.17) is 10.5 Å². The molecule has 0 amide bonds. The molecule has 0 aromatic heterocycles. The van der Waals surface area contributed by atoms with Crippen LogP contribution in [0.3, 0.4) is 0 Å². The van der Waals surface area contributed by atoms with E-state index in [0.29, 0.717) is 17.2 Å². The second-order valence-corrected chi connectivity index (χ2v) is 4.17. The molecule has 1 atom stereocenters. The van der Waals surface area contributed by atoms with Crippen LogP contribution in [0, 0.1) is 11.7 Å². The smallest absolute Gasteiger partial charge is 0.131 e. The van der Waals surface area contributed by atoms with Crippen LogP contribution in [0.25, 0.3) is 0 Å². The molecule has 1 saturated carbocycles. The third-order valence-electron chi connectivity index (χ3n) is 2.89. The van der Waals surface area contributed by atoms with E-state index in [1.54, 1.807) is 12.1 Å². The number of benzene rings is 1. The maximum absolute atomic E-state index is 13.6. The zero-order chi connectivity index (χ0) is 10.8. The zero-order valence-electron chi connectivity index (χ0n) is 8.87. The number of methoxy groups -OCH3 is 1. The van der Waals surface area contributed by atoms with Gasteiger partial charge in [-0.2, -0.15) is 0 Å². The van der Waals surface area contributed by atoms with Crippen LogP contribution in [0.4, 0.5) is 4.39 Å². The Morgan fingerprint density at radius 1 is 1.53 bits per heavy atom. The Labute approximate surface area is 89.2 Å². The van der Waals surface area contributed by atoms with Crippen molar-refractivity contribution in [1.82, 2.24) is 0 Å². The summed E-state index contributed by atoms with van der Waals surface area (Å²) in [5, 5.41) is 0. The van der Waals surface area contributed by atoms with Crippen LogP contribution in [-0.4, -0.2) is 7.11 Å². The first kappa shape index (κ1) is 10.4. The van der Waals surface area contributed by atoms with E-state index in [1.165, 1.54) is 26.0 Å². The molecule has 3 heteroatoms. The van der Waals surface area contributed by atoms with Crippen LogP contribution in [0.5, 0.6) is 5.75 Å². The van der Waals surface area contributed by atoms with Crippen LogP contribution < -0.4 is 10.5 Å². The fourth-order valence-electron chi connectivity index (χ4n) is 1.78. The van der Waals surface area contributed by atoms with Gasteiger partial charge in [-0.25, -0.2) is 4.39 Å². The van der Waals surface area contributed by atoms with E-state index < -0.39 is 0 Å². The SMILES string of the molecule is COc1ccc([C@@H](N)CC2CC2)c(F)c1. The van der Waals surface area contributed by atoms with Crippen LogP contribution in [0.15, 0.2) is 18.2 Å². The first-order valence-electron chi connectivity index (χ1n) is 5.29. The van der Waals surface area contributed by atoms with E-state index in [9.17, 15) is 4.39 Å². The third kappa shape index (κ3) is 2.48. The van der Waals surface area contributed by atoms with Crippen LogP contribution in [0.1, 0.15) is 30.9 Å². The molecule has 2 nitrogen and oxygen atoms in total. The summed E-state index contributed by atoms with van der Waals surface area (Å²) in [5.74, 6) is 0.985. The highest BCUT2D eigenvalue weighted by atomic mass is 19.1. The minimum atomic E-state index is -0.262. The van der Waals surface area contributed by atoms with Crippen LogP contribution in [-0.2, 0) is 0 Å². The molecule has 1 aliphatic carbocycles. The quantitative estimate of drug-likeness (QED) is 0.827. The van der Waals surface area contributed by atoms with Gasteiger partial charge in [-0.3, -0.25) is 0 Å². The summed E-state index contributed by atoms with van der Waals surface area (Å²) in [6.07, 6.45) is 3.38. The van der Waals surface area contributed by atoms with Crippen LogP contribution >= 0.6 is 0 Å². The zero-order valence-corrected chi connectivity index (χ0v) is 8.87. The molecule has 2 N–H and O–H groups in total. The predicted molar refractivity (Wildman–Crippen MR) is 57.2 cm³/mol. The van der Waals surface area contributed by atoms with E-state index >= 15 is 0 Å². The molecule has 0 heterocycles. The summed E-state index contributed by atoms with van der Waals surface area (Å²) in [7, 11) is 1.53. The molecular formula is C12H16FNO. The van der Waals surface area contributed by atoms with E-state index in [-0.39, 0.29) is 11.9 Å². The Balaban J connectivity index is 2.11. The maximum Gasteiger partial charge on any atom is 0.131 e. The van der Waals surface area contributed by atoms with Gasteiger partial charge in [-0.15, -0.1) is 0 Å². The highest BCUT2D eigenvalue weighted by Gasteiger charge is 2.25. The van der Waals surface area contributed by atoms with Gasteiger partial charge >= 0.3 is 0 Å². The number of rotatable bonds is 4. The summed E-state index contributed by atoms with van der Waals surface area (Å²) in [6.45, 7) is 0. The number of halogens is 1. The van der Waals surface area contributed by atoms with Gasteiger partial charge in [0.1, 0.15) is 11.6 Å². The van der Waals surface area contributed by atoms with Gasteiger partial charge in [0, 0.05) is 17.7 Å². The van der Waals surface area contributed by atoms with Crippen molar-refractivity contribution in [3.05, 3.63) is 29.6 Å². The number of nitrogens with two attached hydrogens (primary N) is 1. The largest absolute Gasteiger partial charge is 0.497 e. The van der Waals surface area contributed by atoms with Crippen molar-refractivity contribution in [2.24, 2.45) is 11.7 Å². The summed E-state index contributed by atoms with van der Waals surface area (Å²) in [5.41, 5.74) is 6.55. The molecule has 1 fully saturated rings. The second kappa shape index (κ2) is 4.19. The Morgan fingerprint density at radius 2 is 2.27 bits per heavy atom. The molecule has 1 aliphatic rings. The molecular weight excluding hydrogens is 193 g/mol. The van der Waals surface area contributed by atoms with E-state index in [2.05, 4.69) is 0 Å². The molecule has 15 heavy (non-hydrogen) atoms.